The summed E-state index contributed by atoms with van der Waals surface area (Å²) in [6, 6.07) is 3.49. The van der Waals surface area contributed by atoms with Crippen LogP contribution in [0.25, 0.3) is 0 Å². The highest BCUT2D eigenvalue weighted by atomic mass is 32.2. The number of nitrogens with zero attached hydrogens (tertiary/aromatic N) is 1. The van der Waals surface area contributed by atoms with Crippen molar-refractivity contribution >= 4 is 33.0 Å². The average Bonchev–Trinajstić information content (AvgIpc) is 3.36. The van der Waals surface area contributed by atoms with Gasteiger partial charge in [0.1, 0.15) is 14.8 Å². The molecule has 3 unspecified atom stereocenters. The van der Waals surface area contributed by atoms with Gasteiger partial charge < -0.3 is 15.5 Å². The number of aliphatic hydroxyl groups is 2. The van der Waals surface area contributed by atoms with Crippen LogP contribution in [0.4, 0.5) is 10.5 Å². The highest BCUT2D eigenvalue weighted by Crippen LogP contribution is 2.46. The predicted molar refractivity (Wildman–Crippen MR) is 115 cm³/mol. The van der Waals surface area contributed by atoms with Crippen molar-refractivity contribution in [1.82, 2.24) is 9.71 Å². The van der Waals surface area contributed by atoms with Gasteiger partial charge in [-0.25, -0.2) is 23.5 Å². The lowest BCUT2D eigenvalue weighted by Crippen LogP contribution is -2.34. The molecule has 3 atom stereocenters. The van der Waals surface area contributed by atoms with E-state index in [2.05, 4.69) is 34.1 Å². The third kappa shape index (κ3) is 3.96. The van der Waals surface area contributed by atoms with Crippen molar-refractivity contribution in [2.45, 2.75) is 55.3 Å². The number of fused-ring (bicyclic) bond motifs is 1. The number of thiazole rings is 1. The number of aromatic nitrogens is 1. The quantitative estimate of drug-likeness (QED) is 0.442. The third-order valence-electron chi connectivity index (χ3n) is 5.92. The van der Waals surface area contributed by atoms with Gasteiger partial charge in [0.2, 0.25) is 0 Å². The Labute approximate surface area is 179 Å². The smallest absolute Gasteiger partial charge is 0.331 e. The zero-order valence-corrected chi connectivity index (χ0v) is 18.5. The number of amides is 2. The molecule has 0 spiro atoms. The van der Waals surface area contributed by atoms with Gasteiger partial charge in [-0.05, 0) is 61.1 Å². The second kappa shape index (κ2) is 7.60. The van der Waals surface area contributed by atoms with Crippen LogP contribution >= 0.6 is 11.3 Å². The lowest BCUT2D eigenvalue weighted by atomic mass is 9.82. The van der Waals surface area contributed by atoms with Gasteiger partial charge >= 0.3 is 6.03 Å². The number of benzene rings is 1. The van der Waals surface area contributed by atoms with Crippen LogP contribution in [0.3, 0.4) is 0 Å². The number of rotatable bonds is 7. The minimum Gasteiger partial charge on any atom is -0.393 e. The van der Waals surface area contributed by atoms with Crippen molar-refractivity contribution < 1.29 is 19.2 Å². The topological polar surface area (TPSA) is 135 Å². The summed E-state index contributed by atoms with van der Waals surface area (Å²) >= 11 is 0.830. The van der Waals surface area contributed by atoms with E-state index in [0.29, 0.717) is 11.8 Å². The Kier molecular flexibility index (Phi) is 5.38. The fourth-order valence-corrected chi connectivity index (χ4v) is 5.85. The Morgan fingerprint density at radius 1 is 1.43 bits per heavy atom. The molecule has 2 amide bonds. The Morgan fingerprint density at radius 3 is 2.77 bits per heavy atom. The van der Waals surface area contributed by atoms with Gasteiger partial charge in [-0.3, -0.25) is 0 Å². The van der Waals surface area contributed by atoms with Gasteiger partial charge in [-0.2, -0.15) is 0 Å². The van der Waals surface area contributed by atoms with E-state index in [4.69, 9.17) is 4.78 Å². The van der Waals surface area contributed by atoms with Gasteiger partial charge in [-0.1, -0.05) is 19.1 Å². The second-order valence-corrected chi connectivity index (χ2v) is 11.4. The van der Waals surface area contributed by atoms with Crippen molar-refractivity contribution in [3.05, 3.63) is 40.0 Å². The number of aliphatic hydroxyl groups excluding tert-OH is 1. The van der Waals surface area contributed by atoms with E-state index in [9.17, 15) is 19.2 Å². The monoisotopic (exact) mass is 450 g/mol. The summed E-state index contributed by atoms with van der Waals surface area (Å²) in [7, 11) is -3.67. The molecular weight excluding hydrogens is 424 g/mol. The van der Waals surface area contributed by atoms with E-state index in [1.807, 2.05) is 0 Å². The fourth-order valence-electron chi connectivity index (χ4n) is 3.72. The van der Waals surface area contributed by atoms with E-state index in [1.165, 1.54) is 31.5 Å². The maximum Gasteiger partial charge on any atom is 0.331 e. The number of carbonyl (C=O) groups is 1. The predicted octanol–water partition coefficient (Wildman–Crippen LogP) is 3.10. The van der Waals surface area contributed by atoms with E-state index < -0.39 is 28.2 Å². The first-order valence-corrected chi connectivity index (χ1v) is 12.3. The summed E-state index contributed by atoms with van der Waals surface area (Å²) in [5.74, 6) is 0.957. The lowest BCUT2D eigenvalue weighted by Gasteiger charge is -2.27. The number of hydrogen-bond acceptors (Lipinski definition) is 7. The molecule has 0 radical (unpaired) electrons. The molecule has 162 valence electrons. The number of aryl methyl sites for hydroxylation is 1. The molecule has 0 bridgehead atoms. The number of urea groups is 1. The Morgan fingerprint density at radius 2 is 2.17 bits per heavy atom. The Bertz CT molecular complexity index is 1090. The highest BCUT2D eigenvalue weighted by Gasteiger charge is 2.33. The summed E-state index contributed by atoms with van der Waals surface area (Å²) in [6.45, 7) is 2.98. The molecule has 2 aliphatic rings. The molecule has 8 nitrogen and oxygen atoms in total. The molecule has 30 heavy (non-hydrogen) atoms. The molecule has 2 aliphatic carbocycles. The Hall–Kier alpha value is -2.01. The maximum absolute atomic E-state index is 12.8. The van der Waals surface area contributed by atoms with Crippen molar-refractivity contribution in [3.8, 4) is 0 Å². The molecule has 2 aromatic rings. The van der Waals surface area contributed by atoms with Crippen molar-refractivity contribution in [3.63, 3.8) is 0 Å². The summed E-state index contributed by atoms with van der Waals surface area (Å²) in [5, 5.41) is 22.3. The first-order chi connectivity index (χ1) is 14.1. The van der Waals surface area contributed by atoms with Crippen molar-refractivity contribution in [2.24, 2.45) is 5.92 Å². The van der Waals surface area contributed by atoms with Gasteiger partial charge in [-0.15, -0.1) is 11.3 Å². The minimum absolute atomic E-state index is 0.00835. The maximum atomic E-state index is 12.8. The number of anilines is 1. The first kappa shape index (κ1) is 21.2. The summed E-state index contributed by atoms with van der Waals surface area (Å²) in [5.41, 5.74) is 2.59. The minimum atomic E-state index is -3.67. The van der Waals surface area contributed by atoms with Crippen LogP contribution in [0.1, 0.15) is 54.3 Å². The third-order valence-corrected chi connectivity index (χ3v) is 9.06. The van der Waals surface area contributed by atoms with E-state index in [1.54, 1.807) is 0 Å². The van der Waals surface area contributed by atoms with Crippen molar-refractivity contribution in [1.29, 1.82) is 4.78 Å². The van der Waals surface area contributed by atoms with Gasteiger partial charge in [0.25, 0.3) is 0 Å². The van der Waals surface area contributed by atoms with Gasteiger partial charge in [0, 0.05) is 5.69 Å². The second-order valence-electron chi connectivity index (χ2n) is 8.32. The Balaban J connectivity index is 1.53. The molecule has 0 saturated heterocycles. The van der Waals surface area contributed by atoms with Crippen LogP contribution in [0.15, 0.2) is 22.5 Å². The van der Waals surface area contributed by atoms with Crippen LogP contribution in [0, 0.1) is 10.7 Å². The number of carbonyl (C=O) groups excluding carboxylic acids is 1. The summed E-state index contributed by atoms with van der Waals surface area (Å²) < 4.78 is 23.3. The van der Waals surface area contributed by atoms with Crippen LogP contribution in [-0.4, -0.2) is 32.0 Å². The number of nitrogens with one attached hydrogen (secondary N) is 3. The van der Waals surface area contributed by atoms with Crippen LogP contribution in [0.2, 0.25) is 0 Å². The fraction of sp³-hybridized carbons (Fsp3) is 0.500. The molecular formula is C20H26N4O4S2. The van der Waals surface area contributed by atoms with Crippen molar-refractivity contribution in [2.75, 3.05) is 11.9 Å². The summed E-state index contributed by atoms with van der Waals surface area (Å²) in [6.07, 6.45) is 5.44. The molecule has 4 rings (SSSR count). The van der Waals surface area contributed by atoms with Gasteiger partial charge in [0.15, 0.2) is 9.92 Å². The SMILES string of the molecule is CC(c1ccc2c(c1NC(=O)NS(=N)(=O)c1cnc(C(C)(O)CO)s1)CC2)C1CC1. The van der Waals surface area contributed by atoms with E-state index in [0.717, 1.165) is 41.0 Å². The molecule has 1 aromatic carbocycles. The van der Waals surface area contributed by atoms with Crippen LogP contribution in [-0.2, 0) is 28.4 Å². The van der Waals surface area contributed by atoms with Gasteiger partial charge in [0.05, 0.1) is 12.8 Å². The zero-order chi connectivity index (χ0) is 21.7. The largest absolute Gasteiger partial charge is 0.393 e. The molecule has 1 aromatic heterocycles. The first-order valence-electron chi connectivity index (χ1n) is 9.94. The molecule has 1 saturated carbocycles. The molecule has 0 aliphatic heterocycles. The standard InChI is InChI=1S/C20H26N4O4S2/c1-11(12-3-4-12)14-7-5-13-6-8-15(13)17(14)23-19(26)24-30(21,28)16-9-22-18(29-16)20(2,27)10-25/h5,7,9,11-12,25,27H,3-4,6,8,10H2,1-2H3,(H3,21,23,24,26,28). The highest BCUT2D eigenvalue weighted by molar-refractivity contribution is 7.93. The molecule has 10 heteroatoms. The van der Waals surface area contributed by atoms with E-state index >= 15 is 0 Å². The number of hydrogen-bond donors (Lipinski definition) is 5. The van der Waals surface area contributed by atoms with Crippen LogP contribution in [0.5, 0.6) is 0 Å². The summed E-state index contributed by atoms with van der Waals surface area (Å²) in [4.78, 5) is 16.6. The van der Waals surface area contributed by atoms with E-state index in [-0.39, 0.29) is 9.22 Å². The zero-order valence-electron chi connectivity index (χ0n) is 16.9. The van der Waals surface area contributed by atoms with Crippen LogP contribution < -0.4 is 10.0 Å². The molecule has 1 heterocycles. The molecule has 5 N–H and O–H groups in total. The normalized spacial score (nSPS) is 20.3. The molecule has 1 fully saturated rings. The lowest BCUT2D eigenvalue weighted by molar-refractivity contribution is -0.00244. The average molecular weight is 451 g/mol.